The molecule has 0 bridgehead atoms. The largest absolute Gasteiger partial charge is 0.455 e. The molecule has 1 aromatic carbocycles. The molecule has 2 aliphatic heterocycles. The van der Waals surface area contributed by atoms with Gasteiger partial charge in [-0.1, -0.05) is 17.7 Å². The van der Waals surface area contributed by atoms with Gasteiger partial charge in [-0.05, 0) is 31.9 Å². The number of rotatable bonds is 5. The molecular weight excluding hydrogens is 362 g/mol. The van der Waals surface area contributed by atoms with E-state index >= 15 is 0 Å². The summed E-state index contributed by atoms with van der Waals surface area (Å²) in [6.45, 7) is 2.71. The molecule has 1 atom stereocenters. The summed E-state index contributed by atoms with van der Waals surface area (Å²) in [5.41, 5.74) is 7.12. The molecule has 0 unspecified atom stereocenters. The van der Waals surface area contributed by atoms with Gasteiger partial charge >= 0.3 is 5.97 Å². The molecule has 0 saturated carbocycles. The molecule has 2 fully saturated rings. The SMILES string of the molecule is Cc1ccc(N2C[C@H](C(=O)OCC(=O)N3CCC(C(N)=O)CC3)CC2=O)cc1. The molecule has 2 aliphatic rings. The van der Waals surface area contributed by atoms with E-state index in [-0.39, 0.29) is 43.2 Å². The molecule has 0 radical (unpaired) electrons. The molecule has 8 heteroatoms. The molecule has 2 N–H and O–H groups in total. The lowest BCUT2D eigenvalue weighted by Gasteiger charge is -2.30. The Morgan fingerprint density at radius 2 is 1.75 bits per heavy atom. The van der Waals surface area contributed by atoms with Crippen molar-refractivity contribution in [2.45, 2.75) is 26.2 Å². The number of carbonyl (C=O) groups is 4. The van der Waals surface area contributed by atoms with Crippen molar-refractivity contribution in [2.24, 2.45) is 17.6 Å². The Balaban J connectivity index is 1.47. The zero-order valence-corrected chi connectivity index (χ0v) is 15.9. The van der Waals surface area contributed by atoms with E-state index in [1.54, 1.807) is 9.80 Å². The van der Waals surface area contributed by atoms with Crippen LogP contribution in [0.15, 0.2) is 24.3 Å². The van der Waals surface area contributed by atoms with Gasteiger partial charge in [0.15, 0.2) is 6.61 Å². The second kappa shape index (κ2) is 8.41. The number of benzene rings is 1. The quantitative estimate of drug-likeness (QED) is 0.745. The van der Waals surface area contributed by atoms with Crippen LogP contribution in [0.4, 0.5) is 5.69 Å². The molecule has 3 amide bonds. The van der Waals surface area contributed by atoms with Crippen molar-refractivity contribution in [3.8, 4) is 0 Å². The van der Waals surface area contributed by atoms with Gasteiger partial charge in [0.25, 0.3) is 5.91 Å². The molecule has 2 heterocycles. The number of piperidine rings is 1. The van der Waals surface area contributed by atoms with Crippen LogP contribution in [0.25, 0.3) is 0 Å². The predicted octanol–water partition coefficient (Wildman–Crippen LogP) is 0.615. The van der Waals surface area contributed by atoms with Crippen LogP contribution in [0.1, 0.15) is 24.8 Å². The fourth-order valence-electron chi connectivity index (χ4n) is 3.60. The summed E-state index contributed by atoms with van der Waals surface area (Å²) >= 11 is 0. The summed E-state index contributed by atoms with van der Waals surface area (Å²) in [6.07, 6.45) is 1.13. The molecule has 8 nitrogen and oxygen atoms in total. The lowest BCUT2D eigenvalue weighted by molar-refractivity contribution is -0.155. The second-order valence-corrected chi connectivity index (χ2v) is 7.41. The number of amides is 3. The van der Waals surface area contributed by atoms with Crippen LogP contribution < -0.4 is 10.6 Å². The first-order valence-electron chi connectivity index (χ1n) is 9.46. The average molecular weight is 387 g/mol. The molecule has 3 rings (SSSR count). The molecule has 0 aliphatic carbocycles. The van der Waals surface area contributed by atoms with E-state index in [9.17, 15) is 19.2 Å². The number of likely N-dealkylation sites (tertiary alicyclic amines) is 1. The van der Waals surface area contributed by atoms with Crippen molar-refractivity contribution in [1.82, 2.24) is 4.90 Å². The molecule has 150 valence electrons. The number of nitrogens with zero attached hydrogens (tertiary/aromatic N) is 2. The first-order chi connectivity index (χ1) is 13.3. The molecule has 28 heavy (non-hydrogen) atoms. The zero-order chi connectivity index (χ0) is 20.3. The van der Waals surface area contributed by atoms with Gasteiger partial charge in [0.05, 0.1) is 5.92 Å². The topological polar surface area (TPSA) is 110 Å². The maximum atomic E-state index is 12.3. The van der Waals surface area contributed by atoms with E-state index in [1.807, 2.05) is 31.2 Å². The van der Waals surface area contributed by atoms with E-state index in [0.29, 0.717) is 25.9 Å². The van der Waals surface area contributed by atoms with E-state index < -0.39 is 11.9 Å². The summed E-state index contributed by atoms with van der Waals surface area (Å²) < 4.78 is 5.17. The zero-order valence-electron chi connectivity index (χ0n) is 15.9. The third kappa shape index (κ3) is 4.49. The van der Waals surface area contributed by atoms with Crippen molar-refractivity contribution >= 4 is 29.4 Å². The predicted molar refractivity (Wildman–Crippen MR) is 101 cm³/mol. The maximum Gasteiger partial charge on any atom is 0.311 e. The Hall–Kier alpha value is -2.90. The Labute approximate surface area is 163 Å². The molecule has 1 aromatic rings. The van der Waals surface area contributed by atoms with Crippen LogP contribution in [0.3, 0.4) is 0 Å². The molecule has 2 saturated heterocycles. The third-order valence-corrected chi connectivity index (χ3v) is 5.39. The Morgan fingerprint density at radius 3 is 2.36 bits per heavy atom. The van der Waals surface area contributed by atoms with Gasteiger partial charge in [-0.3, -0.25) is 19.2 Å². The van der Waals surface area contributed by atoms with Gasteiger partial charge < -0.3 is 20.3 Å². The number of nitrogens with two attached hydrogens (primary N) is 1. The van der Waals surface area contributed by atoms with Crippen molar-refractivity contribution in [3.63, 3.8) is 0 Å². The average Bonchev–Trinajstić information content (AvgIpc) is 3.08. The monoisotopic (exact) mass is 387 g/mol. The number of hydrogen-bond acceptors (Lipinski definition) is 5. The Bertz CT molecular complexity index is 769. The van der Waals surface area contributed by atoms with Crippen molar-refractivity contribution in [3.05, 3.63) is 29.8 Å². The normalized spacial score (nSPS) is 20.3. The molecular formula is C20H25N3O5. The summed E-state index contributed by atoms with van der Waals surface area (Å²) in [6, 6.07) is 7.52. The van der Waals surface area contributed by atoms with E-state index in [0.717, 1.165) is 11.3 Å². The maximum absolute atomic E-state index is 12.3. The minimum Gasteiger partial charge on any atom is -0.455 e. The Kier molecular flexibility index (Phi) is 5.96. The number of primary amides is 1. The molecule has 0 spiro atoms. The number of esters is 1. The van der Waals surface area contributed by atoms with Gasteiger partial charge in [-0.2, -0.15) is 0 Å². The van der Waals surface area contributed by atoms with Gasteiger partial charge in [0.2, 0.25) is 11.8 Å². The highest BCUT2D eigenvalue weighted by Gasteiger charge is 2.36. The Morgan fingerprint density at radius 1 is 1.11 bits per heavy atom. The van der Waals surface area contributed by atoms with Crippen LogP contribution in [-0.2, 0) is 23.9 Å². The van der Waals surface area contributed by atoms with Crippen LogP contribution in [-0.4, -0.2) is 54.8 Å². The van der Waals surface area contributed by atoms with Gasteiger partial charge in [0.1, 0.15) is 0 Å². The van der Waals surface area contributed by atoms with Gasteiger partial charge in [0, 0.05) is 37.7 Å². The number of ether oxygens (including phenoxy) is 1. The van der Waals surface area contributed by atoms with Gasteiger partial charge in [-0.25, -0.2) is 0 Å². The van der Waals surface area contributed by atoms with E-state index in [4.69, 9.17) is 10.5 Å². The fourth-order valence-corrected chi connectivity index (χ4v) is 3.60. The summed E-state index contributed by atoms with van der Waals surface area (Å²) in [5, 5.41) is 0. The van der Waals surface area contributed by atoms with Crippen molar-refractivity contribution in [2.75, 3.05) is 31.1 Å². The number of hydrogen-bond donors (Lipinski definition) is 1. The lowest BCUT2D eigenvalue weighted by atomic mass is 9.96. The minimum atomic E-state index is -0.581. The van der Waals surface area contributed by atoms with Crippen LogP contribution in [0.5, 0.6) is 0 Å². The lowest BCUT2D eigenvalue weighted by Crippen LogP contribution is -2.43. The van der Waals surface area contributed by atoms with Crippen molar-refractivity contribution < 1.29 is 23.9 Å². The highest BCUT2D eigenvalue weighted by Crippen LogP contribution is 2.26. The highest BCUT2D eigenvalue weighted by molar-refractivity contribution is 5.99. The van der Waals surface area contributed by atoms with E-state index in [1.165, 1.54) is 0 Å². The van der Waals surface area contributed by atoms with Crippen molar-refractivity contribution in [1.29, 1.82) is 0 Å². The number of carbonyl (C=O) groups excluding carboxylic acids is 4. The number of anilines is 1. The summed E-state index contributed by atoms with van der Waals surface area (Å²) in [7, 11) is 0. The van der Waals surface area contributed by atoms with Crippen LogP contribution in [0, 0.1) is 18.8 Å². The van der Waals surface area contributed by atoms with E-state index in [2.05, 4.69) is 0 Å². The second-order valence-electron chi connectivity index (χ2n) is 7.41. The fraction of sp³-hybridized carbons (Fsp3) is 0.500. The summed E-state index contributed by atoms with van der Waals surface area (Å²) in [4.78, 5) is 51.1. The standard InChI is InChI=1S/C20H25N3O5/c1-13-2-4-16(5-3-13)23-11-15(10-17(23)24)20(27)28-12-18(25)22-8-6-14(7-9-22)19(21)26/h2-5,14-15H,6-12H2,1H3,(H2,21,26)/t15-/m1/s1. The first kappa shape index (κ1) is 19.9. The minimum absolute atomic E-state index is 0.0743. The smallest absolute Gasteiger partial charge is 0.311 e. The molecule has 0 aromatic heterocycles. The third-order valence-electron chi connectivity index (χ3n) is 5.39. The number of aryl methyl sites for hydroxylation is 1. The first-order valence-corrected chi connectivity index (χ1v) is 9.46. The van der Waals surface area contributed by atoms with Crippen LogP contribution in [0.2, 0.25) is 0 Å². The van der Waals surface area contributed by atoms with Gasteiger partial charge in [-0.15, -0.1) is 0 Å². The van der Waals surface area contributed by atoms with Crippen LogP contribution >= 0.6 is 0 Å². The summed E-state index contributed by atoms with van der Waals surface area (Å²) in [5.74, 6) is -2.10. The highest BCUT2D eigenvalue weighted by atomic mass is 16.5.